The van der Waals surface area contributed by atoms with Crippen LogP contribution in [0.15, 0.2) is 53.0 Å². The van der Waals surface area contributed by atoms with Crippen LogP contribution in [-0.4, -0.2) is 35.7 Å². The molecular formula is C24H29BrFNO4. The molecule has 2 rings (SSSR count). The Balaban J connectivity index is 1.87. The fourth-order valence-corrected chi connectivity index (χ4v) is 3.98. The third kappa shape index (κ3) is 7.65. The smallest absolute Gasteiger partial charge is 0.409 e. The number of carboxylic acid groups (broad SMARTS) is 1. The molecule has 0 bridgehead atoms. The minimum atomic E-state index is -1.04. The molecule has 1 unspecified atom stereocenters. The Morgan fingerprint density at radius 3 is 2.48 bits per heavy atom. The van der Waals surface area contributed by atoms with Gasteiger partial charge in [-0.25, -0.2) is 9.18 Å². The van der Waals surface area contributed by atoms with Crippen LogP contribution in [0.5, 0.6) is 0 Å². The van der Waals surface area contributed by atoms with Crippen molar-refractivity contribution in [3.8, 4) is 0 Å². The number of rotatable bonds is 10. The van der Waals surface area contributed by atoms with Crippen LogP contribution in [0.4, 0.5) is 9.18 Å². The number of hydrogen-bond acceptors (Lipinski definition) is 3. The number of carboxylic acids is 1. The Kier molecular flexibility index (Phi) is 9.04. The highest BCUT2D eigenvalue weighted by Gasteiger charge is 2.27. The van der Waals surface area contributed by atoms with Gasteiger partial charge in [-0.15, -0.1) is 0 Å². The lowest BCUT2D eigenvalue weighted by Crippen LogP contribution is -2.36. The maximum absolute atomic E-state index is 14.4. The average Bonchev–Trinajstić information content (AvgIpc) is 2.72. The van der Waals surface area contributed by atoms with Crippen molar-refractivity contribution in [2.75, 3.05) is 13.6 Å². The molecule has 1 amide bonds. The van der Waals surface area contributed by atoms with Crippen LogP contribution in [0, 0.1) is 11.2 Å². The van der Waals surface area contributed by atoms with E-state index in [2.05, 4.69) is 15.9 Å². The zero-order valence-electron chi connectivity index (χ0n) is 18.1. The van der Waals surface area contributed by atoms with Crippen LogP contribution < -0.4 is 0 Å². The predicted octanol–water partition coefficient (Wildman–Crippen LogP) is 6.22. The Hall–Kier alpha value is -2.41. The van der Waals surface area contributed by atoms with E-state index in [1.54, 1.807) is 19.2 Å². The molecule has 1 N–H and O–H groups in total. The zero-order valence-corrected chi connectivity index (χ0v) is 19.7. The predicted molar refractivity (Wildman–Crippen MR) is 121 cm³/mol. The minimum absolute atomic E-state index is 0.182. The van der Waals surface area contributed by atoms with Gasteiger partial charge in [-0.05, 0) is 45.8 Å². The second kappa shape index (κ2) is 11.3. The molecule has 1 atom stereocenters. The largest absolute Gasteiger partial charge is 0.481 e. The van der Waals surface area contributed by atoms with Crippen molar-refractivity contribution in [1.82, 2.24) is 4.90 Å². The second-order valence-electron chi connectivity index (χ2n) is 8.49. The van der Waals surface area contributed by atoms with Crippen LogP contribution >= 0.6 is 15.9 Å². The van der Waals surface area contributed by atoms with Crippen molar-refractivity contribution in [3.63, 3.8) is 0 Å². The number of nitrogens with zero attached hydrogens (tertiary/aromatic N) is 1. The number of hydrogen-bond donors (Lipinski definition) is 1. The number of aliphatic carboxylic acids is 1. The Morgan fingerprint density at radius 1 is 1.16 bits per heavy atom. The Labute approximate surface area is 191 Å². The van der Waals surface area contributed by atoms with Crippen molar-refractivity contribution < 1.29 is 23.8 Å². The van der Waals surface area contributed by atoms with E-state index in [1.165, 1.54) is 11.0 Å². The van der Waals surface area contributed by atoms with Gasteiger partial charge < -0.3 is 14.7 Å². The molecule has 0 aliphatic heterocycles. The van der Waals surface area contributed by atoms with Crippen LogP contribution in [0.1, 0.15) is 50.2 Å². The molecule has 0 saturated carbocycles. The van der Waals surface area contributed by atoms with Crippen LogP contribution in [0.25, 0.3) is 0 Å². The molecule has 0 spiro atoms. The van der Waals surface area contributed by atoms with Crippen molar-refractivity contribution in [3.05, 3.63) is 69.9 Å². The molecule has 0 radical (unpaired) electrons. The van der Waals surface area contributed by atoms with Crippen molar-refractivity contribution >= 4 is 28.0 Å². The van der Waals surface area contributed by atoms with Gasteiger partial charge in [0.25, 0.3) is 0 Å². The van der Waals surface area contributed by atoms with Crippen molar-refractivity contribution in [2.45, 2.75) is 45.6 Å². The summed E-state index contributed by atoms with van der Waals surface area (Å²) in [6.07, 6.45) is 1.18. The summed E-state index contributed by atoms with van der Waals surface area (Å²) in [5.74, 6) is -2.49. The standard InChI is InChI=1S/C24H29BrFNO4/c1-24(2,16-27(3)23(30)31-15-17-9-5-4-6-10-17)14-8-12-19(22(28)29)18-11-7-13-20(25)21(18)26/h4-7,9-11,13,19H,8,12,14-16H2,1-3H3,(H,28,29). The van der Waals surface area contributed by atoms with Gasteiger partial charge >= 0.3 is 12.1 Å². The van der Waals surface area contributed by atoms with Gasteiger partial charge in [0.15, 0.2) is 0 Å². The molecule has 31 heavy (non-hydrogen) atoms. The first kappa shape index (κ1) is 24.9. The molecule has 2 aromatic carbocycles. The average molecular weight is 494 g/mol. The first-order valence-corrected chi connectivity index (χ1v) is 11.0. The van der Waals surface area contributed by atoms with E-state index in [4.69, 9.17) is 4.74 Å². The number of carbonyl (C=O) groups excluding carboxylic acids is 1. The molecule has 168 valence electrons. The fourth-order valence-electron chi connectivity index (χ4n) is 3.60. The fraction of sp³-hybridized carbons (Fsp3) is 0.417. The molecule has 0 aliphatic carbocycles. The lowest BCUT2D eigenvalue weighted by molar-refractivity contribution is -0.139. The first-order valence-electron chi connectivity index (χ1n) is 10.2. The van der Waals surface area contributed by atoms with Crippen LogP contribution in [-0.2, 0) is 16.1 Å². The summed E-state index contributed by atoms with van der Waals surface area (Å²) in [7, 11) is 1.69. The zero-order chi connectivity index (χ0) is 23.0. The van der Waals surface area contributed by atoms with E-state index in [-0.39, 0.29) is 22.1 Å². The molecule has 5 nitrogen and oxygen atoms in total. The summed E-state index contributed by atoms with van der Waals surface area (Å²) < 4.78 is 20.0. The molecule has 0 fully saturated rings. The molecule has 0 aromatic heterocycles. The van der Waals surface area contributed by atoms with Gasteiger partial charge in [0.2, 0.25) is 0 Å². The molecule has 7 heteroatoms. The van der Waals surface area contributed by atoms with E-state index >= 15 is 0 Å². The number of halogens is 2. The van der Waals surface area contributed by atoms with Crippen LogP contribution in [0.2, 0.25) is 0 Å². The Bertz CT molecular complexity index is 888. The topological polar surface area (TPSA) is 66.8 Å². The summed E-state index contributed by atoms with van der Waals surface area (Å²) in [5.41, 5.74) is 0.851. The molecule has 0 heterocycles. The lowest BCUT2D eigenvalue weighted by Gasteiger charge is -2.30. The van der Waals surface area contributed by atoms with E-state index in [9.17, 15) is 19.1 Å². The van der Waals surface area contributed by atoms with Gasteiger partial charge in [-0.3, -0.25) is 4.79 Å². The molecule has 0 aliphatic rings. The first-order chi connectivity index (χ1) is 14.6. The Morgan fingerprint density at radius 2 is 1.84 bits per heavy atom. The number of ether oxygens (including phenoxy) is 1. The summed E-state index contributed by atoms with van der Waals surface area (Å²) in [4.78, 5) is 25.6. The summed E-state index contributed by atoms with van der Waals surface area (Å²) in [6, 6.07) is 14.2. The highest BCUT2D eigenvalue weighted by Crippen LogP contribution is 2.32. The lowest BCUT2D eigenvalue weighted by atomic mass is 9.84. The maximum Gasteiger partial charge on any atom is 0.409 e. The molecular weight excluding hydrogens is 465 g/mol. The quantitative estimate of drug-likeness (QED) is 0.426. The summed E-state index contributed by atoms with van der Waals surface area (Å²) in [5, 5.41) is 9.59. The second-order valence-corrected chi connectivity index (χ2v) is 9.34. The maximum atomic E-state index is 14.4. The van der Waals surface area contributed by atoms with Crippen molar-refractivity contribution in [1.29, 1.82) is 0 Å². The SMILES string of the molecule is CN(CC(C)(C)CCCC(C(=O)O)c1cccc(Br)c1F)C(=O)OCc1ccccc1. The van der Waals surface area contributed by atoms with E-state index in [1.807, 2.05) is 44.2 Å². The minimum Gasteiger partial charge on any atom is -0.481 e. The van der Waals surface area contributed by atoms with Gasteiger partial charge in [-0.1, -0.05) is 62.7 Å². The number of carbonyl (C=O) groups is 2. The highest BCUT2D eigenvalue weighted by molar-refractivity contribution is 9.10. The third-order valence-electron chi connectivity index (χ3n) is 5.18. The normalized spacial score (nSPS) is 12.3. The van der Waals surface area contributed by atoms with Gasteiger partial charge in [0.05, 0.1) is 10.4 Å². The third-order valence-corrected chi connectivity index (χ3v) is 5.80. The van der Waals surface area contributed by atoms with Crippen LogP contribution in [0.3, 0.4) is 0 Å². The van der Waals surface area contributed by atoms with Gasteiger partial charge in [0.1, 0.15) is 12.4 Å². The summed E-state index contributed by atoms with van der Waals surface area (Å²) >= 11 is 3.11. The molecule has 0 saturated heterocycles. The van der Waals surface area contributed by atoms with E-state index < -0.39 is 23.8 Å². The number of amides is 1. The monoisotopic (exact) mass is 493 g/mol. The molecule has 2 aromatic rings. The van der Waals surface area contributed by atoms with Gasteiger partial charge in [-0.2, -0.15) is 0 Å². The summed E-state index contributed by atoms with van der Waals surface area (Å²) in [6.45, 7) is 4.71. The highest BCUT2D eigenvalue weighted by atomic mass is 79.9. The van der Waals surface area contributed by atoms with E-state index in [0.29, 0.717) is 25.8 Å². The number of benzene rings is 2. The van der Waals surface area contributed by atoms with Crippen molar-refractivity contribution in [2.24, 2.45) is 5.41 Å². The van der Waals surface area contributed by atoms with Gasteiger partial charge in [0, 0.05) is 19.2 Å². The van der Waals surface area contributed by atoms with E-state index in [0.717, 1.165) is 5.56 Å².